The fraction of sp³-hybridized carbons (Fsp3) is 0.0909. The van der Waals surface area contributed by atoms with Crippen LogP contribution >= 0.6 is 15.9 Å². The van der Waals surface area contributed by atoms with Crippen LogP contribution < -0.4 is 5.32 Å². The van der Waals surface area contributed by atoms with Crippen molar-refractivity contribution in [3.05, 3.63) is 83.2 Å². The minimum absolute atomic E-state index is 0.411. The first-order chi connectivity index (χ1) is 13.5. The maximum Gasteiger partial charge on any atom is 0.331 e. The SMILES string of the molecule is CC(OC(=O)/C=C/c1ccc(Br)o1)C(=O)Nc1ccccc1-c1ccccc1. The number of para-hydroxylation sites is 1. The number of ether oxygens (including phenoxy) is 1. The topological polar surface area (TPSA) is 68.5 Å². The van der Waals surface area contributed by atoms with Crippen molar-refractivity contribution < 1.29 is 18.7 Å². The molecule has 28 heavy (non-hydrogen) atoms. The van der Waals surface area contributed by atoms with Crippen molar-refractivity contribution in [3.63, 3.8) is 0 Å². The van der Waals surface area contributed by atoms with Crippen molar-refractivity contribution >= 4 is 39.6 Å². The van der Waals surface area contributed by atoms with Gasteiger partial charge in [-0.3, -0.25) is 4.79 Å². The number of carbonyl (C=O) groups is 2. The third kappa shape index (κ3) is 5.20. The molecule has 0 aliphatic rings. The van der Waals surface area contributed by atoms with Crippen LogP contribution in [-0.4, -0.2) is 18.0 Å². The molecule has 1 unspecified atom stereocenters. The second-order valence-electron chi connectivity index (χ2n) is 5.96. The average Bonchev–Trinajstić information content (AvgIpc) is 3.12. The van der Waals surface area contributed by atoms with Crippen LogP contribution in [0.5, 0.6) is 0 Å². The number of anilines is 1. The van der Waals surface area contributed by atoms with Crippen molar-refractivity contribution in [1.29, 1.82) is 0 Å². The van der Waals surface area contributed by atoms with E-state index < -0.39 is 18.0 Å². The summed E-state index contributed by atoms with van der Waals surface area (Å²) in [5.41, 5.74) is 2.52. The maximum atomic E-state index is 12.5. The van der Waals surface area contributed by atoms with E-state index in [2.05, 4.69) is 21.2 Å². The van der Waals surface area contributed by atoms with Gasteiger partial charge in [0.15, 0.2) is 10.8 Å². The second-order valence-corrected chi connectivity index (χ2v) is 6.74. The molecule has 0 radical (unpaired) electrons. The number of furan rings is 1. The number of hydrogen-bond acceptors (Lipinski definition) is 4. The Balaban J connectivity index is 1.63. The summed E-state index contributed by atoms with van der Waals surface area (Å²) in [5, 5.41) is 2.83. The molecule has 1 amide bonds. The van der Waals surface area contributed by atoms with Crippen molar-refractivity contribution in [2.45, 2.75) is 13.0 Å². The molecule has 0 saturated carbocycles. The third-order valence-corrected chi connectivity index (χ3v) is 4.34. The first kappa shape index (κ1) is 19.6. The lowest BCUT2D eigenvalue weighted by molar-refractivity contribution is -0.148. The Bertz CT molecular complexity index is 995. The van der Waals surface area contributed by atoms with Crippen LogP contribution in [0.15, 0.2) is 81.9 Å². The summed E-state index contributed by atoms with van der Waals surface area (Å²) in [7, 11) is 0. The van der Waals surface area contributed by atoms with Gasteiger partial charge < -0.3 is 14.5 Å². The van der Waals surface area contributed by atoms with Crippen LogP contribution in [0, 0.1) is 0 Å². The molecule has 1 N–H and O–H groups in total. The molecule has 5 nitrogen and oxygen atoms in total. The predicted octanol–water partition coefficient (Wildman–Crippen LogP) is 5.29. The molecule has 0 bridgehead atoms. The molecule has 0 saturated heterocycles. The fourth-order valence-corrected chi connectivity index (χ4v) is 2.85. The van der Waals surface area contributed by atoms with Crippen molar-refractivity contribution in [2.24, 2.45) is 0 Å². The Labute approximate surface area is 171 Å². The van der Waals surface area contributed by atoms with Gasteiger partial charge in [0.05, 0.1) is 0 Å². The Morgan fingerprint density at radius 3 is 2.46 bits per heavy atom. The zero-order valence-corrected chi connectivity index (χ0v) is 16.7. The molecule has 0 spiro atoms. The molecule has 142 valence electrons. The van der Waals surface area contributed by atoms with Gasteiger partial charge in [-0.2, -0.15) is 0 Å². The molecule has 0 aliphatic heterocycles. The van der Waals surface area contributed by atoms with Crippen LogP contribution in [0.1, 0.15) is 12.7 Å². The zero-order valence-electron chi connectivity index (χ0n) is 15.1. The first-order valence-corrected chi connectivity index (χ1v) is 9.41. The highest BCUT2D eigenvalue weighted by Crippen LogP contribution is 2.27. The first-order valence-electron chi connectivity index (χ1n) is 8.62. The standard InChI is InChI=1S/C22H18BrNO4/c1-15(27-21(25)14-12-17-11-13-20(23)28-17)22(26)24-19-10-6-5-9-18(19)16-7-3-2-4-8-16/h2-15H,1H3,(H,24,26)/b14-12+. The van der Waals surface area contributed by atoms with Crippen LogP contribution in [0.3, 0.4) is 0 Å². The molecule has 1 atom stereocenters. The highest BCUT2D eigenvalue weighted by atomic mass is 79.9. The Kier molecular flexibility index (Phi) is 6.45. The summed E-state index contributed by atoms with van der Waals surface area (Å²) in [6.07, 6.45) is 1.74. The van der Waals surface area contributed by atoms with E-state index in [9.17, 15) is 9.59 Å². The lowest BCUT2D eigenvalue weighted by Crippen LogP contribution is -2.29. The summed E-state index contributed by atoms with van der Waals surface area (Å²) < 4.78 is 11.0. The lowest BCUT2D eigenvalue weighted by Gasteiger charge is -2.15. The highest BCUT2D eigenvalue weighted by Gasteiger charge is 2.18. The van der Waals surface area contributed by atoms with E-state index in [1.54, 1.807) is 12.1 Å². The van der Waals surface area contributed by atoms with E-state index in [1.165, 1.54) is 19.1 Å². The number of rotatable bonds is 6. The Hall–Kier alpha value is -3.12. The molecule has 6 heteroatoms. The van der Waals surface area contributed by atoms with Crippen molar-refractivity contribution in [3.8, 4) is 11.1 Å². The van der Waals surface area contributed by atoms with E-state index in [0.717, 1.165) is 11.1 Å². The van der Waals surface area contributed by atoms with E-state index in [-0.39, 0.29) is 0 Å². The van der Waals surface area contributed by atoms with Gasteiger partial charge in [0.25, 0.3) is 5.91 Å². The van der Waals surface area contributed by atoms with E-state index in [1.807, 2.05) is 54.6 Å². The fourth-order valence-electron chi connectivity index (χ4n) is 2.53. The number of hydrogen-bond donors (Lipinski definition) is 1. The van der Waals surface area contributed by atoms with Gasteiger partial charge in [-0.25, -0.2) is 4.79 Å². The molecule has 0 aliphatic carbocycles. The van der Waals surface area contributed by atoms with Gasteiger partial charge in [0, 0.05) is 17.3 Å². The molecule has 3 rings (SSSR count). The van der Waals surface area contributed by atoms with Crippen LogP contribution in [0.2, 0.25) is 0 Å². The number of carbonyl (C=O) groups excluding carboxylic acids is 2. The summed E-state index contributed by atoms with van der Waals surface area (Å²) in [5.74, 6) is -0.546. The molecular weight excluding hydrogens is 422 g/mol. The van der Waals surface area contributed by atoms with E-state index in [4.69, 9.17) is 9.15 Å². The van der Waals surface area contributed by atoms with Crippen LogP contribution in [-0.2, 0) is 14.3 Å². The molecule has 1 aromatic heterocycles. The Morgan fingerprint density at radius 2 is 1.75 bits per heavy atom. The van der Waals surface area contributed by atoms with Gasteiger partial charge >= 0.3 is 5.97 Å². The molecule has 0 fully saturated rings. The van der Waals surface area contributed by atoms with Gasteiger partial charge in [0.2, 0.25) is 0 Å². The number of esters is 1. The largest absolute Gasteiger partial charge is 0.450 e. The van der Waals surface area contributed by atoms with Gasteiger partial charge in [-0.1, -0.05) is 48.5 Å². The van der Waals surface area contributed by atoms with Gasteiger partial charge in [0.1, 0.15) is 5.76 Å². The maximum absolute atomic E-state index is 12.5. The monoisotopic (exact) mass is 439 g/mol. The quantitative estimate of drug-likeness (QED) is 0.418. The number of benzene rings is 2. The van der Waals surface area contributed by atoms with Gasteiger partial charge in [-0.05, 0) is 52.7 Å². The average molecular weight is 440 g/mol. The molecule has 3 aromatic rings. The van der Waals surface area contributed by atoms with Crippen molar-refractivity contribution in [1.82, 2.24) is 0 Å². The minimum atomic E-state index is -0.954. The van der Waals surface area contributed by atoms with Gasteiger partial charge in [-0.15, -0.1) is 0 Å². The predicted molar refractivity (Wildman–Crippen MR) is 112 cm³/mol. The zero-order chi connectivity index (χ0) is 19.9. The lowest BCUT2D eigenvalue weighted by atomic mass is 10.0. The summed E-state index contributed by atoms with van der Waals surface area (Å²) in [4.78, 5) is 24.4. The molecule has 1 heterocycles. The normalized spacial score (nSPS) is 11.9. The smallest absolute Gasteiger partial charge is 0.331 e. The summed E-state index contributed by atoms with van der Waals surface area (Å²) >= 11 is 3.18. The van der Waals surface area contributed by atoms with Crippen LogP contribution in [0.25, 0.3) is 17.2 Å². The molecular formula is C22H18BrNO4. The highest BCUT2D eigenvalue weighted by molar-refractivity contribution is 9.10. The van der Waals surface area contributed by atoms with E-state index >= 15 is 0 Å². The van der Waals surface area contributed by atoms with Crippen molar-refractivity contribution in [2.75, 3.05) is 5.32 Å². The second kappa shape index (κ2) is 9.19. The third-order valence-electron chi connectivity index (χ3n) is 3.91. The summed E-state index contributed by atoms with van der Waals surface area (Å²) in [6, 6.07) is 20.6. The number of nitrogens with one attached hydrogen (secondary N) is 1. The minimum Gasteiger partial charge on any atom is -0.450 e. The summed E-state index contributed by atoms with van der Waals surface area (Å²) in [6.45, 7) is 1.52. The van der Waals surface area contributed by atoms with E-state index in [0.29, 0.717) is 16.1 Å². The van der Waals surface area contributed by atoms with Crippen LogP contribution in [0.4, 0.5) is 5.69 Å². The number of halogens is 1. The Morgan fingerprint density at radius 1 is 1.04 bits per heavy atom. The molecule has 2 aromatic carbocycles. The number of amides is 1.